The van der Waals surface area contributed by atoms with Gasteiger partial charge in [-0.05, 0) is 19.1 Å². The average molecular weight is 289 g/mol. The standard InChI is InChI=1S/C13H14F3NO3/c1-7-13(19,4-5-20-7)6-17-12(18)8-2-3-9(14)11(16)10(8)15/h2-3,7,19H,4-6H2,1H3,(H,17,18). The number of hydrogen-bond donors (Lipinski definition) is 2. The summed E-state index contributed by atoms with van der Waals surface area (Å²) in [5.41, 5.74) is -1.86. The summed E-state index contributed by atoms with van der Waals surface area (Å²) in [5.74, 6) is -5.54. The molecule has 1 aliphatic rings. The summed E-state index contributed by atoms with van der Waals surface area (Å²) < 4.78 is 44.4. The molecule has 0 aromatic heterocycles. The van der Waals surface area contributed by atoms with Gasteiger partial charge in [-0.25, -0.2) is 13.2 Å². The van der Waals surface area contributed by atoms with E-state index in [0.29, 0.717) is 19.1 Å². The molecule has 1 aromatic carbocycles. The van der Waals surface area contributed by atoms with Crippen LogP contribution < -0.4 is 5.32 Å². The van der Waals surface area contributed by atoms with E-state index in [9.17, 15) is 23.1 Å². The molecule has 1 heterocycles. The SMILES string of the molecule is CC1OCCC1(O)CNC(=O)c1ccc(F)c(F)c1F. The van der Waals surface area contributed by atoms with Gasteiger partial charge in [-0.1, -0.05) is 0 Å². The lowest BCUT2D eigenvalue weighted by atomic mass is 9.96. The first-order chi connectivity index (χ1) is 9.35. The van der Waals surface area contributed by atoms with Gasteiger partial charge in [-0.2, -0.15) is 0 Å². The third-order valence-electron chi connectivity index (χ3n) is 3.49. The smallest absolute Gasteiger partial charge is 0.254 e. The highest BCUT2D eigenvalue weighted by atomic mass is 19.2. The van der Waals surface area contributed by atoms with E-state index >= 15 is 0 Å². The van der Waals surface area contributed by atoms with Gasteiger partial charge in [-0.15, -0.1) is 0 Å². The minimum atomic E-state index is -1.70. The van der Waals surface area contributed by atoms with E-state index in [4.69, 9.17) is 4.74 Å². The average Bonchev–Trinajstić information content (AvgIpc) is 2.74. The van der Waals surface area contributed by atoms with Gasteiger partial charge in [0.05, 0.1) is 11.7 Å². The quantitative estimate of drug-likeness (QED) is 0.826. The molecule has 2 atom stereocenters. The van der Waals surface area contributed by atoms with Crippen LogP contribution in [0, 0.1) is 17.5 Å². The van der Waals surface area contributed by atoms with Crippen molar-refractivity contribution in [3.05, 3.63) is 35.1 Å². The highest BCUT2D eigenvalue weighted by Crippen LogP contribution is 2.25. The molecule has 4 nitrogen and oxygen atoms in total. The Morgan fingerprint density at radius 3 is 2.75 bits per heavy atom. The van der Waals surface area contributed by atoms with Gasteiger partial charge in [0, 0.05) is 19.6 Å². The Hall–Kier alpha value is -1.60. The Balaban J connectivity index is 2.08. The van der Waals surface area contributed by atoms with Gasteiger partial charge in [0.2, 0.25) is 0 Å². The number of aliphatic hydroxyl groups is 1. The van der Waals surface area contributed by atoms with Gasteiger partial charge < -0.3 is 15.2 Å². The number of rotatable bonds is 3. The molecule has 2 unspecified atom stereocenters. The van der Waals surface area contributed by atoms with Crippen LogP contribution in [0.15, 0.2) is 12.1 Å². The van der Waals surface area contributed by atoms with Crippen molar-refractivity contribution < 1.29 is 27.8 Å². The van der Waals surface area contributed by atoms with Crippen LogP contribution in [0.3, 0.4) is 0 Å². The Morgan fingerprint density at radius 2 is 2.15 bits per heavy atom. The van der Waals surface area contributed by atoms with Crippen molar-refractivity contribution >= 4 is 5.91 Å². The Bertz CT molecular complexity index is 538. The van der Waals surface area contributed by atoms with Gasteiger partial charge in [0.25, 0.3) is 5.91 Å². The molecule has 2 N–H and O–H groups in total. The van der Waals surface area contributed by atoms with Crippen molar-refractivity contribution in [1.82, 2.24) is 5.32 Å². The Morgan fingerprint density at radius 1 is 1.45 bits per heavy atom. The fourth-order valence-electron chi connectivity index (χ4n) is 2.03. The molecule has 110 valence electrons. The molecule has 0 aliphatic carbocycles. The minimum absolute atomic E-state index is 0.161. The van der Waals surface area contributed by atoms with Crippen molar-refractivity contribution in [3.8, 4) is 0 Å². The second-order valence-corrected chi connectivity index (χ2v) is 4.77. The fraction of sp³-hybridized carbons (Fsp3) is 0.462. The molecule has 1 aromatic rings. The summed E-state index contributed by atoms with van der Waals surface area (Å²) >= 11 is 0. The molecule has 2 rings (SSSR count). The van der Waals surface area contributed by atoms with Crippen LogP contribution in [0.4, 0.5) is 13.2 Å². The van der Waals surface area contributed by atoms with Gasteiger partial charge in [-0.3, -0.25) is 4.79 Å². The molecule has 0 bridgehead atoms. The van der Waals surface area contributed by atoms with Crippen LogP contribution in [0.1, 0.15) is 23.7 Å². The number of hydrogen-bond acceptors (Lipinski definition) is 3. The lowest BCUT2D eigenvalue weighted by Gasteiger charge is -2.26. The number of carbonyl (C=O) groups excluding carboxylic acids is 1. The highest BCUT2D eigenvalue weighted by molar-refractivity contribution is 5.94. The first kappa shape index (κ1) is 14.8. The lowest BCUT2D eigenvalue weighted by molar-refractivity contribution is -0.0252. The zero-order valence-corrected chi connectivity index (χ0v) is 10.8. The summed E-state index contributed by atoms with van der Waals surface area (Å²) in [6.45, 7) is 1.84. The number of benzene rings is 1. The first-order valence-corrected chi connectivity index (χ1v) is 6.11. The second-order valence-electron chi connectivity index (χ2n) is 4.77. The number of nitrogens with one attached hydrogen (secondary N) is 1. The predicted octanol–water partition coefficient (Wildman–Crippen LogP) is 1.37. The molecule has 1 saturated heterocycles. The van der Waals surface area contributed by atoms with Crippen LogP contribution in [0.2, 0.25) is 0 Å². The summed E-state index contributed by atoms with van der Waals surface area (Å²) in [7, 11) is 0. The Labute approximate surface area is 113 Å². The van der Waals surface area contributed by atoms with Crippen LogP contribution >= 0.6 is 0 Å². The molecule has 7 heteroatoms. The summed E-state index contributed by atoms with van der Waals surface area (Å²) in [4.78, 5) is 11.7. The van der Waals surface area contributed by atoms with Crippen molar-refractivity contribution in [2.24, 2.45) is 0 Å². The van der Waals surface area contributed by atoms with Crippen LogP contribution in [0.5, 0.6) is 0 Å². The van der Waals surface area contributed by atoms with E-state index in [0.717, 1.165) is 6.07 Å². The molecule has 0 radical (unpaired) electrons. The number of ether oxygens (including phenoxy) is 1. The predicted molar refractivity (Wildman–Crippen MR) is 63.6 cm³/mol. The van der Waals surface area contributed by atoms with Crippen LogP contribution in [-0.4, -0.2) is 35.9 Å². The van der Waals surface area contributed by atoms with E-state index < -0.39 is 40.6 Å². The van der Waals surface area contributed by atoms with Crippen LogP contribution in [-0.2, 0) is 4.74 Å². The third-order valence-corrected chi connectivity index (χ3v) is 3.49. The number of carbonyl (C=O) groups is 1. The molecule has 0 spiro atoms. The molecule has 1 aliphatic heterocycles. The number of halogens is 3. The molecule has 0 saturated carbocycles. The number of amides is 1. The fourth-order valence-corrected chi connectivity index (χ4v) is 2.03. The van der Waals surface area contributed by atoms with E-state index in [2.05, 4.69) is 5.32 Å². The second kappa shape index (κ2) is 5.41. The lowest BCUT2D eigenvalue weighted by Crippen LogP contribution is -2.47. The van der Waals surface area contributed by atoms with Gasteiger partial charge in [0.1, 0.15) is 5.60 Å². The first-order valence-electron chi connectivity index (χ1n) is 6.11. The normalized spacial score (nSPS) is 25.8. The largest absolute Gasteiger partial charge is 0.385 e. The molecular formula is C13H14F3NO3. The maximum absolute atomic E-state index is 13.4. The highest BCUT2D eigenvalue weighted by Gasteiger charge is 2.39. The van der Waals surface area contributed by atoms with Crippen LogP contribution in [0.25, 0.3) is 0 Å². The van der Waals surface area contributed by atoms with E-state index in [1.165, 1.54) is 0 Å². The maximum Gasteiger partial charge on any atom is 0.254 e. The van der Waals surface area contributed by atoms with Crippen molar-refractivity contribution in [1.29, 1.82) is 0 Å². The molecular weight excluding hydrogens is 275 g/mol. The van der Waals surface area contributed by atoms with Gasteiger partial charge >= 0.3 is 0 Å². The molecule has 1 fully saturated rings. The summed E-state index contributed by atoms with van der Waals surface area (Å²) in [6.07, 6.45) is -0.146. The maximum atomic E-state index is 13.4. The van der Waals surface area contributed by atoms with Gasteiger partial charge in [0.15, 0.2) is 17.5 Å². The summed E-state index contributed by atoms with van der Waals surface area (Å²) in [6, 6.07) is 1.52. The molecule has 20 heavy (non-hydrogen) atoms. The van der Waals surface area contributed by atoms with Crippen molar-refractivity contribution in [2.45, 2.75) is 25.0 Å². The zero-order valence-electron chi connectivity index (χ0n) is 10.8. The van der Waals surface area contributed by atoms with E-state index in [1.54, 1.807) is 6.92 Å². The summed E-state index contributed by atoms with van der Waals surface area (Å²) in [5, 5.41) is 12.5. The zero-order chi connectivity index (χ0) is 14.9. The molecule has 1 amide bonds. The topological polar surface area (TPSA) is 58.6 Å². The van der Waals surface area contributed by atoms with E-state index in [-0.39, 0.29) is 6.54 Å². The Kier molecular flexibility index (Phi) is 4.01. The van der Waals surface area contributed by atoms with Crippen molar-refractivity contribution in [2.75, 3.05) is 13.2 Å². The third kappa shape index (κ3) is 2.64. The monoisotopic (exact) mass is 289 g/mol. The van der Waals surface area contributed by atoms with E-state index in [1.807, 2.05) is 0 Å². The minimum Gasteiger partial charge on any atom is -0.385 e. The van der Waals surface area contributed by atoms with Crippen molar-refractivity contribution in [3.63, 3.8) is 0 Å².